The summed E-state index contributed by atoms with van der Waals surface area (Å²) in [6.45, 7) is 0.435. The molecule has 0 saturated carbocycles. The van der Waals surface area contributed by atoms with Gasteiger partial charge in [-0.15, -0.1) is 13.2 Å². The molecule has 130 valence electrons. The average molecular weight is 356 g/mol. The molecule has 23 heavy (non-hydrogen) atoms. The lowest BCUT2D eigenvalue weighted by atomic mass is 10.2. The van der Waals surface area contributed by atoms with Gasteiger partial charge in [0.05, 0.1) is 19.1 Å². The maximum atomic E-state index is 12.0. The largest absolute Gasteiger partial charge is 0.573 e. The molecule has 0 spiro atoms. The van der Waals surface area contributed by atoms with Gasteiger partial charge in [-0.2, -0.15) is 8.42 Å². The maximum Gasteiger partial charge on any atom is 0.573 e. The minimum Gasteiger partial charge on any atom is -0.473 e. The first-order valence-electron chi connectivity index (χ1n) is 6.57. The van der Waals surface area contributed by atoms with Crippen molar-refractivity contribution in [1.82, 2.24) is 10.3 Å². The quantitative estimate of drug-likeness (QED) is 0.763. The van der Waals surface area contributed by atoms with Gasteiger partial charge in [0.25, 0.3) is 10.1 Å². The summed E-state index contributed by atoms with van der Waals surface area (Å²) in [4.78, 5) is 3.73. The lowest BCUT2D eigenvalue weighted by Crippen LogP contribution is -2.27. The molecule has 0 aliphatic carbocycles. The monoisotopic (exact) mass is 356 g/mol. The average Bonchev–Trinajstić information content (AvgIpc) is 2.84. The van der Waals surface area contributed by atoms with E-state index in [0.29, 0.717) is 13.0 Å². The van der Waals surface area contributed by atoms with Gasteiger partial charge < -0.3 is 14.8 Å². The molecule has 0 amide bonds. The van der Waals surface area contributed by atoms with E-state index in [1.54, 1.807) is 0 Å². The fourth-order valence-electron chi connectivity index (χ4n) is 2.01. The van der Waals surface area contributed by atoms with Gasteiger partial charge in [0.2, 0.25) is 5.88 Å². The van der Waals surface area contributed by atoms with E-state index < -0.39 is 22.2 Å². The third-order valence-electron chi connectivity index (χ3n) is 2.90. The van der Waals surface area contributed by atoms with E-state index in [2.05, 4.69) is 19.2 Å². The molecule has 1 aromatic rings. The van der Waals surface area contributed by atoms with Crippen LogP contribution in [-0.2, 0) is 14.3 Å². The number of nitrogens with zero attached hydrogens (tertiary/aromatic N) is 1. The summed E-state index contributed by atoms with van der Waals surface area (Å²) in [5, 5.41) is 3.03. The molecule has 0 bridgehead atoms. The van der Waals surface area contributed by atoms with Crippen LogP contribution in [0.2, 0.25) is 0 Å². The topological polar surface area (TPSA) is 86.8 Å². The predicted molar refractivity (Wildman–Crippen MR) is 72.5 cm³/mol. The van der Waals surface area contributed by atoms with Gasteiger partial charge in [-0.1, -0.05) is 0 Å². The van der Waals surface area contributed by atoms with Crippen LogP contribution in [0.5, 0.6) is 11.6 Å². The SMILES string of the molecule is CS(=O)(=O)OC[C@@H]1C[C@H](Oc2ccc(OC(F)(F)F)cn2)CN1. The molecule has 0 aromatic carbocycles. The molecule has 0 unspecified atom stereocenters. The van der Waals surface area contributed by atoms with Crippen LogP contribution < -0.4 is 14.8 Å². The van der Waals surface area contributed by atoms with Crippen LogP contribution >= 0.6 is 0 Å². The van der Waals surface area contributed by atoms with Gasteiger partial charge in [-0.25, -0.2) is 4.98 Å². The highest BCUT2D eigenvalue weighted by molar-refractivity contribution is 7.85. The molecule has 1 aliphatic heterocycles. The summed E-state index contributed by atoms with van der Waals surface area (Å²) < 4.78 is 71.8. The summed E-state index contributed by atoms with van der Waals surface area (Å²) >= 11 is 0. The third-order valence-corrected chi connectivity index (χ3v) is 3.46. The van der Waals surface area contributed by atoms with Gasteiger partial charge in [-0.3, -0.25) is 4.18 Å². The lowest BCUT2D eigenvalue weighted by molar-refractivity contribution is -0.274. The fourth-order valence-corrected chi connectivity index (χ4v) is 2.42. The second-order valence-corrected chi connectivity index (χ2v) is 6.59. The van der Waals surface area contributed by atoms with E-state index >= 15 is 0 Å². The second-order valence-electron chi connectivity index (χ2n) is 4.95. The Kier molecular flexibility index (Phi) is 5.32. The highest BCUT2D eigenvalue weighted by atomic mass is 32.2. The zero-order valence-electron chi connectivity index (χ0n) is 12.0. The van der Waals surface area contributed by atoms with Crippen LogP contribution in [0.4, 0.5) is 13.2 Å². The van der Waals surface area contributed by atoms with Crippen LogP contribution in [0.1, 0.15) is 6.42 Å². The van der Waals surface area contributed by atoms with Gasteiger partial charge in [0.15, 0.2) is 0 Å². The first-order chi connectivity index (χ1) is 10.6. The molecule has 7 nitrogen and oxygen atoms in total. The molecule has 2 heterocycles. The molecule has 11 heteroatoms. The Balaban J connectivity index is 1.82. The van der Waals surface area contributed by atoms with Crippen molar-refractivity contribution in [2.45, 2.75) is 24.9 Å². The smallest absolute Gasteiger partial charge is 0.473 e. The second kappa shape index (κ2) is 6.89. The van der Waals surface area contributed by atoms with E-state index in [1.165, 1.54) is 6.07 Å². The van der Waals surface area contributed by atoms with E-state index in [4.69, 9.17) is 4.74 Å². The van der Waals surface area contributed by atoms with Gasteiger partial charge >= 0.3 is 6.36 Å². The Labute approximate surface area is 130 Å². The number of alkyl halides is 3. The van der Waals surface area contributed by atoms with Crippen molar-refractivity contribution in [3.63, 3.8) is 0 Å². The summed E-state index contributed by atoms with van der Waals surface area (Å²) in [6, 6.07) is 2.17. The molecule has 1 saturated heterocycles. The molecule has 1 N–H and O–H groups in total. The Hall–Kier alpha value is -1.59. The Bertz CT molecular complexity index is 621. The zero-order chi connectivity index (χ0) is 17.1. The number of aromatic nitrogens is 1. The van der Waals surface area contributed by atoms with E-state index in [0.717, 1.165) is 18.5 Å². The Morgan fingerprint density at radius 3 is 2.70 bits per heavy atom. The number of pyridine rings is 1. The lowest BCUT2D eigenvalue weighted by Gasteiger charge is -2.13. The first kappa shape index (κ1) is 17.8. The molecule has 1 fully saturated rings. The normalized spacial score (nSPS) is 22.1. The number of halogens is 3. The van der Waals surface area contributed by atoms with Crippen molar-refractivity contribution in [2.24, 2.45) is 0 Å². The number of rotatable bonds is 6. The standard InChI is InChI=1S/C12H15F3N2O5S/c1-23(18,19)20-7-8-4-10(6-16-8)21-11-3-2-9(5-17-11)22-12(13,14)15/h2-3,5,8,10,16H,4,6-7H2,1H3/t8-,10-/m0/s1. The summed E-state index contributed by atoms with van der Waals surface area (Å²) in [7, 11) is -3.51. The number of hydrogen-bond donors (Lipinski definition) is 1. The number of ether oxygens (including phenoxy) is 2. The highest BCUT2D eigenvalue weighted by Crippen LogP contribution is 2.24. The van der Waals surface area contributed by atoms with Crippen molar-refractivity contribution in [1.29, 1.82) is 0 Å². The van der Waals surface area contributed by atoms with E-state index in [1.807, 2.05) is 0 Å². The molecule has 2 rings (SSSR count). The van der Waals surface area contributed by atoms with Crippen LogP contribution in [0, 0.1) is 0 Å². The van der Waals surface area contributed by atoms with Crippen LogP contribution in [0.15, 0.2) is 18.3 Å². The van der Waals surface area contributed by atoms with E-state index in [-0.39, 0.29) is 24.6 Å². The van der Waals surface area contributed by atoms with Crippen LogP contribution in [0.25, 0.3) is 0 Å². The summed E-state index contributed by atoms with van der Waals surface area (Å²) in [5.41, 5.74) is 0. The minimum atomic E-state index is -4.77. The fraction of sp³-hybridized carbons (Fsp3) is 0.583. The Morgan fingerprint density at radius 1 is 1.39 bits per heavy atom. The molecular formula is C12H15F3N2O5S. The van der Waals surface area contributed by atoms with E-state index in [9.17, 15) is 21.6 Å². The molecule has 0 radical (unpaired) electrons. The molecule has 1 aromatic heterocycles. The number of hydrogen-bond acceptors (Lipinski definition) is 7. The molecule has 1 aliphatic rings. The minimum absolute atomic E-state index is 0.00944. The van der Waals surface area contributed by atoms with Crippen molar-refractivity contribution in [3.8, 4) is 11.6 Å². The third kappa shape index (κ3) is 6.59. The Morgan fingerprint density at radius 2 is 2.13 bits per heavy atom. The highest BCUT2D eigenvalue weighted by Gasteiger charge is 2.31. The molecule has 2 atom stereocenters. The summed E-state index contributed by atoms with van der Waals surface area (Å²) in [5.74, 6) is -0.287. The summed E-state index contributed by atoms with van der Waals surface area (Å²) in [6.07, 6.45) is -2.70. The maximum absolute atomic E-state index is 12.0. The van der Waals surface area contributed by atoms with Crippen molar-refractivity contribution in [3.05, 3.63) is 18.3 Å². The van der Waals surface area contributed by atoms with Gasteiger partial charge in [-0.05, 0) is 6.07 Å². The van der Waals surface area contributed by atoms with Crippen molar-refractivity contribution in [2.75, 3.05) is 19.4 Å². The van der Waals surface area contributed by atoms with Crippen molar-refractivity contribution >= 4 is 10.1 Å². The molecular weight excluding hydrogens is 341 g/mol. The van der Waals surface area contributed by atoms with Crippen molar-refractivity contribution < 1.29 is 35.2 Å². The number of nitrogens with one attached hydrogen (secondary N) is 1. The van der Waals surface area contributed by atoms with Crippen LogP contribution in [0.3, 0.4) is 0 Å². The van der Waals surface area contributed by atoms with Gasteiger partial charge in [0.1, 0.15) is 11.9 Å². The van der Waals surface area contributed by atoms with Crippen LogP contribution in [-0.4, -0.2) is 51.3 Å². The zero-order valence-corrected chi connectivity index (χ0v) is 12.9. The predicted octanol–water partition coefficient (Wildman–Crippen LogP) is 1.07. The van der Waals surface area contributed by atoms with Gasteiger partial charge in [0, 0.05) is 25.1 Å². The first-order valence-corrected chi connectivity index (χ1v) is 8.38.